The molecule has 0 saturated carbocycles. The molecule has 0 saturated heterocycles. The molecule has 6 heteroatoms. The molecule has 0 unspecified atom stereocenters. The van der Waals surface area contributed by atoms with Gasteiger partial charge in [0.05, 0.1) is 0 Å². The zero-order valence-corrected chi connectivity index (χ0v) is 13.6. The summed E-state index contributed by atoms with van der Waals surface area (Å²) in [5.41, 5.74) is -0.0723. The van der Waals surface area contributed by atoms with Crippen molar-refractivity contribution < 1.29 is 14.1 Å². The van der Waals surface area contributed by atoms with Crippen molar-refractivity contribution in [2.45, 2.75) is 27.2 Å². The summed E-state index contributed by atoms with van der Waals surface area (Å²) in [6.07, 6.45) is 0.715. The van der Waals surface area contributed by atoms with E-state index in [-0.39, 0.29) is 5.91 Å². The minimum atomic E-state index is -1.20. The monoisotopic (exact) mass is 315 g/mol. The van der Waals surface area contributed by atoms with Crippen LogP contribution < -0.4 is 10.6 Å². The van der Waals surface area contributed by atoms with Crippen LogP contribution in [0.25, 0.3) is 0 Å². The standard InChI is InChI=1S/C17H21N3O3/c1-12-11-14(20-23-12)19-16(22)17(2,3)15(21)18-10-9-13-7-5-4-6-8-13/h4-8,11H,9-10H2,1-3H3,(H,18,21)(H,19,20,22). The summed E-state index contributed by atoms with van der Waals surface area (Å²) in [7, 11) is 0. The molecule has 0 bridgehead atoms. The Labute approximate surface area is 135 Å². The minimum Gasteiger partial charge on any atom is -0.360 e. The highest BCUT2D eigenvalue weighted by molar-refractivity contribution is 6.09. The van der Waals surface area contributed by atoms with E-state index in [4.69, 9.17) is 4.52 Å². The lowest BCUT2D eigenvalue weighted by molar-refractivity contribution is -0.138. The molecule has 1 heterocycles. The van der Waals surface area contributed by atoms with E-state index in [1.807, 2.05) is 30.3 Å². The number of aryl methyl sites for hydroxylation is 1. The number of nitrogens with one attached hydrogen (secondary N) is 2. The van der Waals surface area contributed by atoms with Crippen LogP contribution in [0.3, 0.4) is 0 Å². The highest BCUT2D eigenvalue weighted by Gasteiger charge is 2.36. The van der Waals surface area contributed by atoms with Crippen molar-refractivity contribution in [1.82, 2.24) is 10.5 Å². The Morgan fingerprint density at radius 3 is 2.48 bits per heavy atom. The van der Waals surface area contributed by atoms with E-state index < -0.39 is 11.3 Å². The lowest BCUT2D eigenvalue weighted by Gasteiger charge is -2.22. The van der Waals surface area contributed by atoms with Gasteiger partial charge in [-0.3, -0.25) is 9.59 Å². The first-order valence-electron chi connectivity index (χ1n) is 7.46. The molecule has 2 aromatic rings. The van der Waals surface area contributed by atoms with Crippen molar-refractivity contribution in [3.8, 4) is 0 Å². The SMILES string of the molecule is Cc1cc(NC(=O)C(C)(C)C(=O)NCCc2ccccc2)no1. The average Bonchev–Trinajstić information content (AvgIpc) is 2.93. The maximum Gasteiger partial charge on any atom is 0.240 e. The molecule has 2 N–H and O–H groups in total. The number of hydrogen-bond acceptors (Lipinski definition) is 4. The van der Waals surface area contributed by atoms with E-state index in [1.54, 1.807) is 26.8 Å². The van der Waals surface area contributed by atoms with Crippen LogP contribution in [0.4, 0.5) is 5.82 Å². The number of carbonyl (C=O) groups excluding carboxylic acids is 2. The van der Waals surface area contributed by atoms with Crippen LogP contribution in [0.2, 0.25) is 0 Å². The van der Waals surface area contributed by atoms with Gasteiger partial charge in [-0.2, -0.15) is 0 Å². The third-order valence-corrected chi connectivity index (χ3v) is 3.55. The molecule has 6 nitrogen and oxygen atoms in total. The van der Waals surface area contributed by atoms with Crippen molar-refractivity contribution in [2.75, 3.05) is 11.9 Å². The molecule has 0 atom stereocenters. The van der Waals surface area contributed by atoms with E-state index in [0.29, 0.717) is 24.5 Å². The Bertz CT molecular complexity index is 677. The van der Waals surface area contributed by atoms with Crippen LogP contribution in [0.15, 0.2) is 40.9 Å². The van der Waals surface area contributed by atoms with Gasteiger partial charge < -0.3 is 15.2 Å². The van der Waals surface area contributed by atoms with Crippen molar-refractivity contribution >= 4 is 17.6 Å². The van der Waals surface area contributed by atoms with Gasteiger partial charge in [-0.15, -0.1) is 0 Å². The molecule has 0 fully saturated rings. The van der Waals surface area contributed by atoms with Gasteiger partial charge in [-0.05, 0) is 32.8 Å². The lowest BCUT2D eigenvalue weighted by Crippen LogP contribution is -2.45. The van der Waals surface area contributed by atoms with E-state index in [1.165, 1.54) is 0 Å². The fourth-order valence-electron chi connectivity index (χ4n) is 1.99. The molecular weight excluding hydrogens is 294 g/mol. The van der Waals surface area contributed by atoms with Gasteiger partial charge in [0, 0.05) is 12.6 Å². The molecule has 1 aromatic carbocycles. The van der Waals surface area contributed by atoms with Crippen LogP contribution in [0.5, 0.6) is 0 Å². The van der Waals surface area contributed by atoms with Gasteiger partial charge in [-0.1, -0.05) is 35.5 Å². The zero-order chi connectivity index (χ0) is 16.9. The molecule has 0 aliphatic rings. The second-order valence-electron chi connectivity index (χ2n) is 5.89. The summed E-state index contributed by atoms with van der Waals surface area (Å²) < 4.78 is 4.89. The highest BCUT2D eigenvalue weighted by Crippen LogP contribution is 2.19. The summed E-state index contributed by atoms with van der Waals surface area (Å²) in [5.74, 6) is 0.136. The fourth-order valence-corrected chi connectivity index (χ4v) is 1.99. The van der Waals surface area contributed by atoms with Crippen molar-refractivity contribution in [2.24, 2.45) is 5.41 Å². The first-order chi connectivity index (χ1) is 10.9. The first kappa shape index (κ1) is 16.7. The van der Waals surface area contributed by atoms with Gasteiger partial charge in [0.15, 0.2) is 5.82 Å². The van der Waals surface area contributed by atoms with Crippen LogP contribution in [-0.4, -0.2) is 23.5 Å². The van der Waals surface area contributed by atoms with Crippen LogP contribution in [0.1, 0.15) is 25.2 Å². The number of amides is 2. The highest BCUT2D eigenvalue weighted by atomic mass is 16.5. The van der Waals surface area contributed by atoms with Gasteiger partial charge in [0.2, 0.25) is 11.8 Å². The number of nitrogens with zero attached hydrogens (tertiary/aromatic N) is 1. The summed E-state index contributed by atoms with van der Waals surface area (Å²) in [6, 6.07) is 11.4. The third kappa shape index (κ3) is 4.42. The maximum atomic E-state index is 12.3. The molecule has 0 aliphatic carbocycles. The topological polar surface area (TPSA) is 84.2 Å². The molecule has 0 aliphatic heterocycles. The summed E-state index contributed by atoms with van der Waals surface area (Å²) in [5, 5.41) is 9.08. The van der Waals surface area contributed by atoms with Crippen molar-refractivity contribution in [3.63, 3.8) is 0 Å². The Hall–Kier alpha value is -2.63. The van der Waals surface area contributed by atoms with Crippen molar-refractivity contribution in [1.29, 1.82) is 0 Å². The molecule has 0 radical (unpaired) electrons. The molecule has 2 rings (SSSR count). The van der Waals surface area contributed by atoms with Gasteiger partial charge in [-0.25, -0.2) is 0 Å². The largest absolute Gasteiger partial charge is 0.360 e. The smallest absolute Gasteiger partial charge is 0.240 e. The van der Waals surface area contributed by atoms with Gasteiger partial charge in [0.1, 0.15) is 11.2 Å². The molecular formula is C17H21N3O3. The summed E-state index contributed by atoms with van der Waals surface area (Å²) in [6.45, 7) is 5.35. The van der Waals surface area contributed by atoms with Crippen LogP contribution in [0, 0.1) is 12.3 Å². The Morgan fingerprint density at radius 1 is 1.17 bits per heavy atom. The number of anilines is 1. The maximum absolute atomic E-state index is 12.3. The van der Waals surface area contributed by atoms with E-state index in [0.717, 1.165) is 5.56 Å². The number of rotatable bonds is 6. The second-order valence-corrected chi connectivity index (χ2v) is 5.89. The first-order valence-corrected chi connectivity index (χ1v) is 7.46. The van der Waals surface area contributed by atoms with E-state index in [9.17, 15) is 9.59 Å². The van der Waals surface area contributed by atoms with Gasteiger partial charge >= 0.3 is 0 Å². The number of hydrogen-bond donors (Lipinski definition) is 2. The minimum absolute atomic E-state index is 0.303. The number of aromatic nitrogens is 1. The van der Waals surface area contributed by atoms with Crippen LogP contribution >= 0.6 is 0 Å². The molecule has 23 heavy (non-hydrogen) atoms. The van der Waals surface area contributed by atoms with Gasteiger partial charge in [0.25, 0.3) is 0 Å². The quantitative estimate of drug-likeness (QED) is 0.801. The predicted molar refractivity (Wildman–Crippen MR) is 86.8 cm³/mol. The summed E-state index contributed by atoms with van der Waals surface area (Å²) in [4.78, 5) is 24.5. The summed E-state index contributed by atoms with van der Waals surface area (Å²) >= 11 is 0. The second kappa shape index (κ2) is 7.09. The average molecular weight is 315 g/mol. The number of carbonyl (C=O) groups is 2. The lowest BCUT2D eigenvalue weighted by atomic mass is 9.91. The van der Waals surface area contributed by atoms with E-state index >= 15 is 0 Å². The van der Waals surface area contributed by atoms with E-state index in [2.05, 4.69) is 15.8 Å². The number of benzene rings is 1. The zero-order valence-electron chi connectivity index (χ0n) is 13.6. The fraction of sp³-hybridized carbons (Fsp3) is 0.353. The third-order valence-electron chi connectivity index (χ3n) is 3.55. The Morgan fingerprint density at radius 2 is 1.87 bits per heavy atom. The molecule has 0 spiro atoms. The molecule has 122 valence electrons. The predicted octanol–water partition coefficient (Wildman–Crippen LogP) is 2.31. The molecule has 1 aromatic heterocycles. The van der Waals surface area contributed by atoms with Crippen LogP contribution in [-0.2, 0) is 16.0 Å². The Balaban J connectivity index is 1.87. The van der Waals surface area contributed by atoms with Crippen molar-refractivity contribution in [3.05, 3.63) is 47.7 Å². The molecule has 2 amide bonds. The Kier molecular flexibility index (Phi) is 5.16. The normalized spacial score (nSPS) is 11.1.